The number of nitriles is 1. The minimum atomic E-state index is -0.149. The molecule has 1 aliphatic heterocycles. The zero-order chi connectivity index (χ0) is 10.1. The van der Waals surface area contributed by atoms with Crippen molar-refractivity contribution < 1.29 is 4.79 Å². The molecule has 0 amide bonds. The fourth-order valence-electron chi connectivity index (χ4n) is 1.80. The first kappa shape index (κ1) is 8.77. The van der Waals surface area contributed by atoms with Crippen molar-refractivity contribution >= 4 is 24.5 Å². The van der Waals surface area contributed by atoms with Gasteiger partial charge in [-0.2, -0.15) is 0 Å². The summed E-state index contributed by atoms with van der Waals surface area (Å²) in [5.41, 5.74) is 3.70. The largest absolute Gasteiger partial charge is 0.326 e. The van der Waals surface area contributed by atoms with Gasteiger partial charge in [0.05, 0.1) is 0 Å². The summed E-state index contributed by atoms with van der Waals surface area (Å²) in [4.78, 5) is 10.7. The molecule has 0 fully saturated rings. The van der Waals surface area contributed by atoms with Gasteiger partial charge in [0.15, 0.2) is 0 Å². The number of aldehydes is 1. The molecule has 1 heterocycles. The van der Waals surface area contributed by atoms with Crippen LogP contribution in [0.15, 0.2) is 18.1 Å². The molecule has 0 N–H and O–H groups in total. The first-order valence-electron chi connectivity index (χ1n) is 4.44. The van der Waals surface area contributed by atoms with Gasteiger partial charge in [0.25, 0.3) is 0 Å². The standard InChI is InChI=1S/C11H8BNO/c1-8-9(6-14)2-3-11-10(8)4-5-12(11)7-13/h2-6H,1H3. The van der Waals surface area contributed by atoms with Crippen LogP contribution in [0.1, 0.15) is 21.5 Å². The second-order valence-electron chi connectivity index (χ2n) is 3.37. The molecule has 1 aliphatic rings. The van der Waals surface area contributed by atoms with E-state index in [-0.39, 0.29) is 6.71 Å². The van der Waals surface area contributed by atoms with Gasteiger partial charge in [-0.25, -0.2) is 5.26 Å². The third-order valence-corrected chi connectivity index (χ3v) is 2.65. The Balaban J connectivity index is 2.64. The van der Waals surface area contributed by atoms with Crippen LogP contribution in [-0.2, 0) is 0 Å². The summed E-state index contributed by atoms with van der Waals surface area (Å²) in [6.45, 7) is 1.76. The predicted octanol–water partition coefficient (Wildman–Crippen LogP) is 1.14. The van der Waals surface area contributed by atoms with Gasteiger partial charge in [-0.05, 0) is 18.1 Å². The van der Waals surface area contributed by atoms with Crippen LogP contribution in [0.3, 0.4) is 0 Å². The van der Waals surface area contributed by atoms with E-state index in [4.69, 9.17) is 5.26 Å². The van der Waals surface area contributed by atoms with Crippen molar-refractivity contribution in [2.24, 2.45) is 0 Å². The third-order valence-electron chi connectivity index (χ3n) is 2.65. The zero-order valence-corrected chi connectivity index (χ0v) is 7.82. The van der Waals surface area contributed by atoms with Crippen LogP contribution in [0.5, 0.6) is 0 Å². The lowest BCUT2D eigenvalue weighted by Gasteiger charge is -2.06. The Morgan fingerprint density at radius 1 is 1.50 bits per heavy atom. The molecule has 0 bridgehead atoms. The summed E-state index contributed by atoms with van der Waals surface area (Å²) < 4.78 is 0. The van der Waals surface area contributed by atoms with E-state index in [2.05, 4.69) is 5.97 Å². The van der Waals surface area contributed by atoms with E-state index < -0.39 is 0 Å². The highest BCUT2D eigenvalue weighted by molar-refractivity contribution is 6.86. The second-order valence-corrected chi connectivity index (χ2v) is 3.37. The van der Waals surface area contributed by atoms with E-state index in [1.807, 2.05) is 25.0 Å². The Bertz CT molecular complexity index is 471. The molecule has 0 radical (unpaired) electrons. The first-order chi connectivity index (χ1) is 6.77. The Morgan fingerprint density at radius 2 is 2.29 bits per heavy atom. The highest BCUT2D eigenvalue weighted by atomic mass is 16.1. The van der Waals surface area contributed by atoms with Crippen LogP contribution in [0.4, 0.5) is 0 Å². The van der Waals surface area contributed by atoms with Crippen molar-refractivity contribution in [3.8, 4) is 5.97 Å². The van der Waals surface area contributed by atoms with Gasteiger partial charge in [-0.15, -0.1) is 0 Å². The highest BCUT2D eigenvalue weighted by Crippen LogP contribution is 2.17. The normalized spacial score (nSPS) is 12.4. The fourth-order valence-corrected chi connectivity index (χ4v) is 1.80. The quantitative estimate of drug-likeness (QED) is 0.481. The van der Waals surface area contributed by atoms with Gasteiger partial charge in [-0.1, -0.05) is 29.6 Å². The zero-order valence-electron chi connectivity index (χ0n) is 7.82. The van der Waals surface area contributed by atoms with Gasteiger partial charge >= 0.3 is 6.71 Å². The lowest BCUT2D eigenvalue weighted by molar-refractivity contribution is 0.112. The summed E-state index contributed by atoms with van der Waals surface area (Å²) in [6, 6.07) is 3.64. The summed E-state index contributed by atoms with van der Waals surface area (Å²) in [5, 5.41) is 8.86. The monoisotopic (exact) mass is 181 g/mol. The molecule has 0 aliphatic carbocycles. The summed E-state index contributed by atoms with van der Waals surface area (Å²) >= 11 is 0. The maximum Gasteiger partial charge on any atom is 0.326 e. The predicted molar refractivity (Wildman–Crippen MR) is 56.6 cm³/mol. The third kappa shape index (κ3) is 1.08. The van der Waals surface area contributed by atoms with E-state index in [1.54, 1.807) is 6.07 Å². The van der Waals surface area contributed by atoms with Crippen LogP contribution in [0, 0.1) is 18.2 Å². The number of rotatable bonds is 1. The van der Waals surface area contributed by atoms with Crippen molar-refractivity contribution in [1.82, 2.24) is 0 Å². The van der Waals surface area contributed by atoms with Gasteiger partial charge in [0.1, 0.15) is 6.29 Å². The average molecular weight is 181 g/mol. The molecule has 0 aromatic heterocycles. The Kier molecular flexibility index (Phi) is 1.97. The van der Waals surface area contributed by atoms with Crippen LogP contribution in [0.25, 0.3) is 6.08 Å². The molecule has 66 valence electrons. The van der Waals surface area contributed by atoms with Crippen molar-refractivity contribution in [3.63, 3.8) is 0 Å². The molecular weight excluding hydrogens is 173 g/mol. The van der Waals surface area contributed by atoms with E-state index in [9.17, 15) is 4.79 Å². The number of benzene rings is 1. The smallest absolute Gasteiger partial charge is 0.298 e. The fraction of sp³-hybridized carbons (Fsp3) is 0.0909. The van der Waals surface area contributed by atoms with Crippen molar-refractivity contribution in [1.29, 1.82) is 5.26 Å². The minimum absolute atomic E-state index is 0.149. The van der Waals surface area contributed by atoms with Crippen molar-refractivity contribution in [3.05, 3.63) is 34.8 Å². The number of fused-ring (bicyclic) bond motifs is 1. The van der Waals surface area contributed by atoms with Crippen molar-refractivity contribution in [2.75, 3.05) is 0 Å². The number of carbonyl (C=O) groups excluding carboxylic acids is 1. The molecule has 2 nitrogen and oxygen atoms in total. The second kappa shape index (κ2) is 3.15. The molecule has 1 aromatic rings. The van der Waals surface area contributed by atoms with E-state index in [0.29, 0.717) is 5.56 Å². The highest BCUT2D eigenvalue weighted by Gasteiger charge is 2.23. The van der Waals surface area contributed by atoms with E-state index >= 15 is 0 Å². The molecule has 3 heteroatoms. The number of hydrogen-bond acceptors (Lipinski definition) is 2. The molecule has 14 heavy (non-hydrogen) atoms. The molecular formula is C11H8BNO. The minimum Gasteiger partial charge on any atom is -0.298 e. The van der Waals surface area contributed by atoms with Crippen LogP contribution in [-0.4, -0.2) is 13.0 Å². The average Bonchev–Trinajstić information content (AvgIpc) is 2.62. The van der Waals surface area contributed by atoms with Crippen LogP contribution in [0.2, 0.25) is 0 Å². The van der Waals surface area contributed by atoms with E-state index in [1.165, 1.54) is 0 Å². The van der Waals surface area contributed by atoms with Gasteiger partial charge < -0.3 is 0 Å². The van der Waals surface area contributed by atoms with E-state index in [0.717, 1.165) is 22.9 Å². The van der Waals surface area contributed by atoms with Gasteiger partial charge in [0.2, 0.25) is 0 Å². The molecule has 0 spiro atoms. The first-order valence-corrected chi connectivity index (χ1v) is 4.44. The SMILES string of the molecule is Cc1c(C=O)ccc2c1C=CB2C#N. The van der Waals surface area contributed by atoms with Gasteiger partial charge in [-0.3, -0.25) is 4.79 Å². The maximum absolute atomic E-state index is 10.7. The topological polar surface area (TPSA) is 40.9 Å². The Morgan fingerprint density at radius 3 is 2.93 bits per heavy atom. The number of nitrogens with zero attached hydrogens (tertiary/aromatic N) is 1. The molecule has 0 saturated heterocycles. The summed E-state index contributed by atoms with van der Waals surface area (Å²) in [6.07, 6.45) is 2.77. The maximum atomic E-state index is 10.7. The molecule has 0 saturated carbocycles. The van der Waals surface area contributed by atoms with Crippen LogP contribution < -0.4 is 5.46 Å². The van der Waals surface area contributed by atoms with Crippen LogP contribution >= 0.6 is 0 Å². The number of carbonyl (C=O) groups is 1. The van der Waals surface area contributed by atoms with Crippen molar-refractivity contribution in [2.45, 2.75) is 6.92 Å². The lowest BCUT2D eigenvalue weighted by Crippen LogP contribution is -2.26. The summed E-state index contributed by atoms with van der Waals surface area (Å²) in [5.74, 6) is 4.08. The van der Waals surface area contributed by atoms with Gasteiger partial charge in [0, 0.05) is 11.5 Å². The molecule has 0 unspecified atom stereocenters. The summed E-state index contributed by atoms with van der Waals surface area (Å²) in [7, 11) is 0. The molecule has 1 aromatic carbocycles. The Hall–Kier alpha value is -1.82. The lowest BCUT2D eigenvalue weighted by atomic mass is 9.48. The Labute approximate surface area is 82.9 Å². The molecule has 2 rings (SSSR count). The molecule has 0 atom stereocenters. The number of hydrogen-bond donors (Lipinski definition) is 0.